The Morgan fingerprint density at radius 3 is 2.06 bits per heavy atom. The monoisotopic (exact) mass is 298 g/mol. The number of nitrogens with one attached hydrogen (secondary N) is 1. The fourth-order valence-electron chi connectivity index (χ4n) is 1.39. The van der Waals surface area contributed by atoms with Crippen LogP contribution in [0.1, 0.15) is 0 Å². The Hall–Kier alpha value is -1.62. The van der Waals surface area contributed by atoms with Gasteiger partial charge in [0.1, 0.15) is 5.69 Å². The maximum absolute atomic E-state index is 13.5. The molecule has 0 heterocycles. The summed E-state index contributed by atoms with van der Waals surface area (Å²) in [5.41, 5.74) is 5.77. The van der Waals surface area contributed by atoms with E-state index in [9.17, 15) is 8.78 Å². The van der Waals surface area contributed by atoms with Crippen LogP contribution < -0.4 is 11.1 Å². The van der Waals surface area contributed by atoms with E-state index in [4.69, 9.17) is 5.73 Å². The first kappa shape index (κ1) is 11.9. The van der Waals surface area contributed by atoms with Crippen LogP contribution in [0, 0.1) is 11.6 Å². The lowest BCUT2D eigenvalue weighted by molar-refractivity contribution is 0.592. The Balaban J connectivity index is 2.33. The molecule has 0 saturated carbocycles. The highest BCUT2D eigenvalue weighted by Gasteiger charge is 2.10. The van der Waals surface area contributed by atoms with E-state index in [1.165, 1.54) is 0 Å². The molecule has 0 radical (unpaired) electrons. The van der Waals surface area contributed by atoms with Crippen LogP contribution in [0.4, 0.5) is 25.8 Å². The molecule has 5 heteroatoms. The number of benzene rings is 2. The standard InChI is InChI=1S/C12H9BrF2N2/c13-7-1-3-9(4-2-7)17-12-10(14)5-8(16)6-11(12)15/h1-6,17H,16H2. The second-order valence-electron chi connectivity index (χ2n) is 3.49. The van der Waals surface area contributed by atoms with Gasteiger partial charge in [-0.05, 0) is 36.4 Å². The van der Waals surface area contributed by atoms with E-state index >= 15 is 0 Å². The summed E-state index contributed by atoms with van der Waals surface area (Å²) in [5.74, 6) is -1.43. The molecule has 0 unspecified atom stereocenters. The van der Waals surface area contributed by atoms with Crippen molar-refractivity contribution in [1.29, 1.82) is 0 Å². The topological polar surface area (TPSA) is 38.0 Å². The largest absolute Gasteiger partial charge is 0.399 e. The Morgan fingerprint density at radius 1 is 1.00 bits per heavy atom. The fraction of sp³-hybridized carbons (Fsp3) is 0. The zero-order valence-electron chi connectivity index (χ0n) is 8.68. The highest BCUT2D eigenvalue weighted by atomic mass is 79.9. The van der Waals surface area contributed by atoms with Gasteiger partial charge >= 0.3 is 0 Å². The number of hydrogen-bond donors (Lipinski definition) is 2. The van der Waals surface area contributed by atoms with E-state index in [-0.39, 0.29) is 11.4 Å². The van der Waals surface area contributed by atoms with Gasteiger partial charge in [0.25, 0.3) is 0 Å². The molecule has 2 aromatic carbocycles. The van der Waals surface area contributed by atoms with Gasteiger partial charge in [-0.1, -0.05) is 15.9 Å². The van der Waals surface area contributed by atoms with Gasteiger partial charge in [-0.15, -0.1) is 0 Å². The van der Waals surface area contributed by atoms with E-state index in [0.29, 0.717) is 5.69 Å². The van der Waals surface area contributed by atoms with E-state index in [2.05, 4.69) is 21.2 Å². The predicted octanol–water partition coefficient (Wildman–Crippen LogP) is 4.05. The molecule has 0 aliphatic carbocycles. The lowest BCUT2D eigenvalue weighted by Gasteiger charge is -2.09. The molecule has 0 aromatic heterocycles. The minimum Gasteiger partial charge on any atom is -0.399 e. The molecule has 0 spiro atoms. The first-order valence-corrected chi connectivity index (χ1v) is 5.62. The third-order valence-electron chi connectivity index (χ3n) is 2.18. The van der Waals surface area contributed by atoms with Crippen molar-refractivity contribution < 1.29 is 8.78 Å². The summed E-state index contributed by atoms with van der Waals surface area (Å²) >= 11 is 3.28. The van der Waals surface area contributed by atoms with E-state index in [1.807, 2.05) is 0 Å². The van der Waals surface area contributed by atoms with Crippen molar-refractivity contribution in [2.75, 3.05) is 11.1 Å². The third kappa shape index (κ3) is 2.74. The number of halogens is 3. The van der Waals surface area contributed by atoms with E-state index < -0.39 is 11.6 Å². The van der Waals surface area contributed by atoms with Gasteiger partial charge < -0.3 is 11.1 Å². The van der Waals surface area contributed by atoms with Crippen LogP contribution in [-0.2, 0) is 0 Å². The van der Waals surface area contributed by atoms with Crippen molar-refractivity contribution in [3.63, 3.8) is 0 Å². The highest BCUT2D eigenvalue weighted by molar-refractivity contribution is 9.10. The van der Waals surface area contributed by atoms with E-state index in [0.717, 1.165) is 16.6 Å². The zero-order chi connectivity index (χ0) is 12.4. The molecule has 0 amide bonds. The second-order valence-corrected chi connectivity index (χ2v) is 4.41. The zero-order valence-corrected chi connectivity index (χ0v) is 10.3. The highest BCUT2D eigenvalue weighted by Crippen LogP contribution is 2.26. The molecule has 3 N–H and O–H groups in total. The average molecular weight is 299 g/mol. The van der Waals surface area contributed by atoms with Gasteiger partial charge in [-0.2, -0.15) is 0 Å². The van der Waals surface area contributed by atoms with Gasteiger partial charge in [0.2, 0.25) is 0 Å². The predicted molar refractivity (Wildman–Crippen MR) is 68.2 cm³/mol. The molecular formula is C12H9BrF2N2. The first-order chi connectivity index (χ1) is 8.06. The van der Waals surface area contributed by atoms with E-state index in [1.54, 1.807) is 24.3 Å². The Labute approximate surface area is 106 Å². The quantitative estimate of drug-likeness (QED) is 0.821. The summed E-state index contributed by atoms with van der Waals surface area (Å²) in [7, 11) is 0. The number of nitrogen functional groups attached to an aromatic ring is 1. The number of hydrogen-bond acceptors (Lipinski definition) is 2. The molecule has 0 aliphatic heterocycles. The molecule has 0 bridgehead atoms. The minimum atomic E-state index is -0.717. The van der Waals surface area contributed by atoms with Crippen molar-refractivity contribution >= 4 is 33.0 Å². The average Bonchev–Trinajstić information content (AvgIpc) is 2.26. The van der Waals surface area contributed by atoms with Gasteiger partial charge in [0.15, 0.2) is 11.6 Å². The Kier molecular flexibility index (Phi) is 3.28. The maximum atomic E-state index is 13.5. The molecule has 0 atom stereocenters. The van der Waals surface area contributed by atoms with Gasteiger partial charge in [0.05, 0.1) is 0 Å². The third-order valence-corrected chi connectivity index (χ3v) is 2.71. The normalized spacial score (nSPS) is 10.3. The van der Waals surface area contributed by atoms with Crippen LogP contribution in [0.25, 0.3) is 0 Å². The fourth-order valence-corrected chi connectivity index (χ4v) is 1.65. The molecule has 2 aromatic rings. The molecule has 2 rings (SSSR count). The molecular weight excluding hydrogens is 290 g/mol. The van der Waals surface area contributed by atoms with Crippen molar-refractivity contribution in [1.82, 2.24) is 0 Å². The first-order valence-electron chi connectivity index (χ1n) is 4.83. The van der Waals surface area contributed by atoms with Crippen molar-refractivity contribution in [3.8, 4) is 0 Å². The summed E-state index contributed by atoms with van der Waals surface area (Å²) in [4.78, 5) is 0. The smallest absolute Gasteiger partial charge is 0.151 e. The molecule has 2 nitrogen and oxygen atoms in total. The van der Waals surface area contributed by atoms with Crippen molar-refractivity contribution in [3.05, 3.63) is 52.5 Å². The number of nitrogens with two attached hydrogens (primary N) is 1. The van der Waals surface area contributed by atoms with Gasteiger partial charge in [0, 0.05) is 15.8 Å². The number of anilines is 3. The van der Waals surface area contributed by atoms with Gasteiger partial charge in [-0.25, -0.2) is 8.78 Å². The molecule has 0 saturated heterocycles. The lowest BCUT2D eigenvalue weighted by Crippen LogP contribution is -1.99. The Bertz CT molecular complexity index is 518. The van der Waals surface area contributed by atoms with Crippen molar-refractivity contribution in [2.24, 2.45) is 0 Å². The SMILES string of the molecule is Nc1cc(F)c(Nc2ccc(Br)cc2)c(F)c1. The minimum absolute atomic E-state index is 0.0568. The second kappa shape index (κ2) is 4.71. The molecule has 0 aliphatic rings. The van der Waals surface area contributed by atoms with Crippen LogP contribution in [-0.4, -0.2) is 0 Å². The summed E-state index contributed by atoms with van der Waals surface area (Å²) in [6, 6.07) is 9.11. The van der Waals surface area contributed by atoms with Crippen LogP contribution in [0.5, 0.6) is 0 Å². The molecule has 88 valence electrons. The van der Waals surface area contributed by atoms with Crippen LogP contribution in [0.3, 0.4) is 0 Å². The van der Waals surface area contributed by atoms with Crippen LogP contribution >= 0.6 is 15.9 Å². The summed E-state index contributed by atoms with van der Waals surface area (Å²) in [6.07, 6.45) is 0. The van der Waals surface area contributed by atoms with Gasteiger partial charge in [-0.3, -0.25) is 0 Å². The maximum Gasteiger partial charge on any atom is 0.151 e. The summed E-state index contributed by atoms with van der Waals surface area (Å²) in [6.45, 7) is 0. The van der Waals surface area contributed by atoms with Crippen LogP contribution in [0.15, 0.2) is 40.9 Å². The molecule has 17 heavy (non-hydrogen) atoms. The lowest BCUT2D eigenvalue weighted by atomic mass is 10.2. The summed E-state index contributed by atoms with van der Waals surface area (Å²) < 4.78 is 27.9. The number of rotatable bonds is 2. The van der Waals surface area contributed by atoms with Crippen molar-refractivity contribution in [2.45, 2.75) is 0 Å². The van der Waals surface area contributed by atoms with Crippen LogP contribution in [0.2, 0.25) is 0 Å². The molecule has 0 fully saturated rings. The summed E-state index contributed by atoms with van der Waals surface area (Å²) in [5, 5.41) is 2.67. The Morgan fingerprint density at radius 2 is 1.53 bits per heavy atom.